The van der Waals surface area contributed by atoms with Crippen molar-refractivity contribution >= 4 is 17.0 Å². The van der Waals surface area contributed by atoms with Gasteiger partial charge in [0, 0.05) is 17.8 Å². The van der Waals surface area contributed by atoms with Crippen molar-refractivity contribution in [3.8, 4) is 17.1 Å². The lowest BCUT2D eigenvalue weighted by molar-refractivity contribution is -0.137. The van der Waals surface area contributed by atoms with Crippen LogP contribution in [0.2, 0.25) is 0 Å². The van der Waals surface area contributed by atoms with E-state index in [0.29, 0.717) is 5.56 Å². The fourth-order valence-electron chi connectivity index (χ4n) is 2.82. The molecule has 0 amide bonds. The number of pyridine rings is 1. The van der Waals surface area contributed by atoms with Crippen LogP contribution < -0.4 is 17.0 Å². The highest BCUT2D eigenvalue weighted by Gasteiger charge is 2.34. The van der Waals surface area contributed by atoms with E-state index in [1.54, 1.807) is 0 Å². The molecule has 142 valence electrons. The molecule has 3 heterocycles. The monoisotopic (exact) mass is 388 g/mol. The van der Waals surface area contributed by atoms with Gasteiger partial charge in [0.1, 0.15) is 5.52 Å². The molecule has 0 unspecified atom stereocenters. The van der Waals surface area contributed by atoms with Crippen molar-refractivity contribution in [3.63, 3.8) is 0 Å². The first-order valence-electron chi connectivity index (χ1n) is 7.89. The average Bonchev–Trinajstić information content (AvgIpc) is 2.98. The topological polar surface area (TPSA) is 122 Å². The molecule has 1 aromatic carbocycles. The number of hydrogen-bond donors (Lipinski definition) is 3. The Kier molecular flexibility index (Phi) is 3.80. The first kappa shape index (κ1) is 17.5. The van der Waals surface area contributed by atoms with Gasteiger partial charge in [-0.1, -0.05) is 12.1 Å². The van der Waals surface area contributed by atoms with Crippen LogP contribution in [-0.2, 0) is 6.18 Å². The Hall–Kier alpha value is -3.89. The van der Waals surface area contributed by atoms with Crippen LogP contribution in [0.3, 0.4) is 0 Å². The molecule has 4 rings (SSSR count). The summed E-state index contributed by atoms with van der Waals surface area (Å²) in [6.45, 7) is 0. The van der Waals surface area contributed by atoms with Crippen LogP contribution in [0.25, 0.3) is 28.2 Å². The molecule has 0 fully saturated rings. The van der Waals surface area contributed by atoms with Crippen molar-refractivity contribution in [2.45, 2.75) is 6.18 Å². The zero-order valence-electron chi connectivity index (χ0n) is 13.9. The van der Waals surface area contributed by atoms with E-state index in [9.17, 15) is 22.8 Å². The maximum Gasteiger partial charge on any atom is 0.418 e. The fraction of sp³-hybridized carbons (Fsp3) is 0.0588. The predicted molar refractivity (Wildman–Crippen MR) is 95.0 cm³/mol. The molecule has 0 saturated heterocycles. The maximum absolute atomic E-state index is 13.4. The van der Waals surface area contributed by atoms with Gasteiger partial charge in [0.2, 0.25) is 5.56 Å². The van der Waals surface area contributed by atoms with E-state index in [2.05, 4.69) is 19.9 Å². The highest BCUT2D eigenvalue weighted by Crippen LogP contribution is 2.34. The number of H-pyrrole nitrogens is 2. The quantitative estimate of drug-likeness (QED) is 0.485. The zero-order chi connectivity index (χ0) is 20.1. The Balaban J connectivity index is 2.04. The van der Waals surface area contributed by atoms with Crippen molar-refractivity contribution in [3.05, 3.63) is 69.0 Å². The van der Waals surface area contributed by atoms with Gasteiger partial charge in [0.15, 0.2) is 17.3 Å². The van der Waals surface area contributed by atoms with Gasteiger partial charge in [0.05, 0.1) is 11.3 Å². The van der Waals surface area contributed by atoms with Gasteiger partial charge in [-0.3, -0.25) is 4.79 Å². The third-order valence-corrected chi connectivity index (χ3v) is 4.06. The van der Waals surface area contributed by atoms with Crippen molar-refractivity contribution < 1.29 is 13.2 Å². The van der Waals surface area contributed by atoms with Gasteiger partial charge in [-0.05, 0) is 18.2 Å². The van der Waals surface area contributed by atoms with Gasteiger partial charge < -0.3 is 15.7 Å². The van der Waals surface area contributed by atoms with E-state index in [1.807, 2.05) is 0 Å². The summed E-state index contributed by atoms with van der Waals surface area (Å²) in [6.07, 6.45) is -3.35. The number of nitrogens with one attached hydrogen (secondary N) is 2. The number of aromatic nitrogens is 5. The number of alkyl halides is 3. The highest BCUT2D eigenvalue weighted by atomic mass is 19.4. The minimum atomic E-state index is -4.68. The molecule has 0 saturated carbocycles. The smallest absolute Gasteiger partial charge is 0.382 e. The third kappa shape index (κ3) is 2.82. The number of hydrogen-bond acceptors (Lipinski definition) is 5. The molecule has 4 aromatic rings. The second kappa shape index (κ2) is 6.08. The lowest BCUT2D eigenvalue weighted by atomic mass is 10.1. The van der Waals surface area contributed by atoms with Crippen LogP contribution in [-0.4, -0.2) is 24.5 Å². The molecule has 0 spiro atoms. The number of anilines is 1. The van der Waals surface area contributed by atoms with E-state index >= 15 is 0 Å². The number of nitrogens with two attached hydrogens (primary N) is 1. The normalized spacial score (nSPS) is 11.8. The largest absolute Gasteiger partial charge is 0.418 e. The molecule has 8 nitrogen and oxygen atoms in total. The number of rotatable bonds is 2. The summed E-state index contributed by atoms with van der Waals surface area (Å²) >= 11 is 0. The zero-order valence-corrected chi connectivity index (χ0v) is 13.9. The average molecular weight is 388 g/mol. The lowest BCUT2D eigenvalue weighted by Gasteiger charge is -2.13. The molecular weight excluding hydrogens is 377 g/mol. The highest BCUT2D eigenvalue weighted by molar-refractivity contribution is 5.85. The summed E-state index contributed by atoms with van der Waals surface area (Å²) in [5.74, 6) is -0.0787. The van der Waals surface area contributed by atoms with E-state index in [-0.39, 0.29) is 28.4 Å². The summed E-state index contributed by atoms with van der Waals surface area (Å²) in [4.78, 5) is 36.8. The van der Waals surface area contributed by atoms with Gasteiger partial charge in [-0.2, -0.15) is 13.2 Å². The van der Waals surface area contributed by atoms with Crippen LogP contribution >= 0.6 is 0 Å². The second-order valence-corrected chi connectivity index (χ2v) is 5.85. The Morgan fingerprint density at radius 2 is 1.79 bits per heavy atom. The maximum atomic E-state index is 13.4. The number of aromatic amines is 2. The van der Waals surface area contributed by atoms with Crippen molar-refractivity contribution in [2.24, 2.45) is 0 Å². The second-order valence-electron chi connectivity index (χ2n) is 5.85. The molecule has 11 heteroatoms. The summed E-state index contributed by atoms with van der Waals surface area (Å²) < 4.78 is 41.0. The summed E-state index contributed by atoms with van der Waals surface area (Å²) in [5, 5.41) is 0. The minimum absolute atomic E-state index is 0.00940. The van der Waals surface area contributed by atoms with E-state index in [0.717, 1.165) is 16.7 Å². The number of nitrogen functional groups attached to an aromatic ring is 1. The lowest BCUT2D eigenvalue weighted by Crippen LogP contribution is -2.19. The number of halogens is 3. The van der Waals surface area contributed by atoms with E-state index in [1.165, 1.54) is 30.5 Å². The number of para-hydroxylation sites is 1. The van der Waals surface area contributed by atoms with E-state index in [4.69, 9.17) is 5.73 Å². The molecule has 0 aliphatic carbocycles. The summed E-state index contributed by atoms with van der Waals surface area (Å²) in [7, 11) is 0. The molecule has 0 aliphatic heterocycles. The molecule has 0 bridgehead atoms. The molecule has 4 N–H and O–H groups in total. The van der Waals surface area contributed by atoms with Crippen LogP contribution in [0.15, 0.2) is 52.2 Å². The minimum Gasteiger partial charge on any atom is -0.382 e. The first-order valence-corrected chi connectivity index (χ1v) is 7.89. The number of benzene rings is 1. The number of imidazole rings is 1. The summed E-state index contributed by atoms with van der Waals surface area (Å²) in [5.41, 5.74) is 3.56. The van der Waals surface area contributed by atoms with Crippen molar-refractivity contribution in [1.82, 2.24) is 24.5 Å². The Morgan fingerprint density at radius 1 is 1.04 bits per heavy atom. The molecule has 0 atom stereocenters. The molecule has 3 aromatic heterocycles. The summed E-state index contributed by atoms with van der Waals surface area (Å²) in [6, 6.07) is 7.30. The molecule has 28 heavy (non-hydrogen) atoms. The first-order chi connectivity index (χ1) is 13.3. The molecule has 0 aliphatic rings. The third-order valence-electron chi connectivity index (χ3n) is 4.06. The predicted octanol–water partition coefficient (Wildman–Crippen LogP) is 2.07. The van der Waals surface area contributed by atoms with Crippen LogP contribution in [0, 0.1) is 0 Å². The Morgan fingerprint density at radius 3 is 2.46 bits per heavy atom. The van der Waals surface area contributed by atoms with Gasteiger partial charge in [0.25, 0.3) is 0 Å². The standard InChI is InChI=1S/C17H11F3N6O2/c18-17(19,20)9-3-1-2-4-10(9)26-15-12(23-16(26)28)13(21)24-14(25-15)8-5-6-11(27)22-7-8/h1-7H,(H,22,27)(H,23,28)(H2,21,24,25). The van der Waals surface area contributed by atoms with Gasteiger partial charge in [-0.25, -0.2) is 19.3 Å². The Bertz CT molecular complexity index is 1300. The van der Waals surface area contributed by atoms with Crippen LogP contribution in [0.4, 0.5) is 19.0 Å². The van der Waals surface area contributed by atoms with Crippen molar-refractivity contribution in [2.75, 3.05) is 5.73 Å². The van der Waals surface area contributed by atoms with Gasteiger partial charge >= 0.3 is 11.9 Å². The van der Waals surface area contributed by atoms with E-state index < -0.39 is 23.1 Å². The van der Waals surface area contributed by atoms with Crippen molar-refractivity contribution in [1.29, 1.82) is 0 Å². The van der Waals surface area contributed by atoms with Gasteiger partial charge in [-0.15, -0.1) is 0 Å². The number of fused-ring (bicyclic) bond motifs is 1. The molecule has 0 radical (unpaired) electrons. The molecular formula is C17H11F3N6O2. The van der Waals surface area contributed by atoms with Crippen LogP contribution in [0.5, 0.6) is 0 Å². The Labute approximate surface area is 153 Å². The van der Waals surface area contributed by atoms with Crippen LogP contribution in [0.1, 0.15) is 5.56 Å². The number of nitrogens with zero attached hydrogens (tertiary/aromatic N) is 3. The SMILES string of the molecule is Nc1nc(-c2ccc(=O)[nH]c2)nc2c1[nH]c(=O)n2-c1ccccc1C(F)(F)F. The fourth-order valence-corrected chi connectivity index (χ4v) is 2.82.